The van der Waals surface area contributed by atoms with Gasteiger partial charge in [-0.1, -0.05) is 18.2 Å². The first-order valence-electron chi connectivity index (χ1n) is 8.91. The molecule has 1 saturated heterocycles. The Kier molecular flexibility index (Phi) is 5.96. The molecule has 1 fully saturated rings. The van der Waals surface area contributed by atoms with Gasteiger partial charge in [-0.2, -0.15) is 10.5 Å². The maximum atomic E-state index is 10.9. The highest BCUT2D eigenvalue weighted by atomic mass is 16.7. The van der Waals surface area contributed by atoms with E-state index in [-0.39, 0.29) is 5.56 Å². The largest absolute Gasteiger partial charge is 0.394 e. The molecule has 5 atom stereocenters. The van der Waals surface area contributed by atoms with Crippen LogP contribution in [-0.2, 0) is 16.9 Å². The number of aliphatic hydroxyl groups excluding tert-OH is 4. The third kappa shape index (κ3) is 3.86. The normalized spacial score (nSPS) is 29.1. The first-order valence-corrected chi connectivity index (χ1v) is 8.91. The molecule has 5 N–H and O–H groups in total. The molecule has 0 aromatic heterocycles. The molecule has 3 rings (SSSR count). The second-order valence-corrected chi connectivity index (χ2v) is 6.93. The fourth-order valence-corrected chi connectivity index (χ4v) is 3.38. The molecule has 0 amide bonds. The number of hydrogen-bond donors (Lipinski definition) is 5. The van der Waals surface area contributed by atoms with Gasteiger partial charge in [-0.05, 0) is 41.8 Å². The van der Waals surface area contributed by atoms with Crippen LogP contribution in [0.1, 0.15) is 27.8 Å². The van der Waals surface area contributed by atoms with Crippen LogP contribution in [0.15, 0.2) is 42.5 Å². The number of ether oxygens (including phenoxy) is 1. The van der Waals surface area contributed by atoms with E-state index in [9.17, 15) is 30.8 Å². The van der Waals surface area contributed by atoms with Crippen molar-refractivity contribution in [3.63, 3.8) is 0 Å². The Labute approximate surface area is 167 Å². The molecule has 0 unspecified atom stereocenters. The molecule has 0 spiro atoms. The van der Waals surface area contributed by atoms with Crippen LogP contribution >= 0.6 is 0 Å². The second-order valence-electron chi connectivity index (χ2n) is 6.93. The lowest BCUT2D eigenvalue weighted by Gasteiger charge is -2.45. The SMILES string of the molecule is N#Cc1ccc(Cc2cc([C@]3(O)O[C@H](CO)[C@@H](O)[C@H](O)[C@H]3O)ccc2C#N)cc1. The molecule has 2 aromatic rings. The zero-order chi connectivity index (χ0) is 21.2. The average molecular weight is 396 g/mol. The van der Waals surface area contributed by atoms with Crippen molar-refractivity contribution in [2.24, 2.45) is 0 Å². The second kappa shape index (κ2) is 8.27. The van der Waals surface area contributed by atoms with Crippen molar-refractivity contribution in [1.82, 2.24) is 0 Å². The first kappa shape index (κ1) is 20.9. The molecule has 150 valence electrons. The molecule has 8 heteroatoms. The van der Waals surface area contributed by atoms with Gasteiger partial charge in [0.2, 0.25) is 5.79 Å². The molecule has 0 saturated carbocycles. The van der Waals surface area contributed by atoms with Crippen molar-refractivity contribution in [3.8, 4) is 12.1 Å². The lowest BCUT2D eigenvalue weighted by molar-refractivity contribution is -0.357. The summed E-state index contributed by atoms with van der Waals surface area (Å²) in [6, 6.07) is 15.2. The van der Waals surface area contributed by atoms with E-state index in [1.165, 1.54) is 18.2 Å². The van der Waals surface area contributed by atoms with E-state index in [1.807, 2.05) is 6.07 Å². The highest BCUT2D eigenvalue weighted by molar-refractivity contribution is 5.45. The predicted octanol–water partition coefficient (Wildman–Crippen LogP) is -0.360. The van der Waals surface area contributed by atoms with Crippen molar-refractivity contribution in [2.45, 2.75) is 36.6 Å². The van der Waals surface area contributed by atoms with Crippen molar-refractivity contribution in [1.29, 1.82) is 10.5 Å². The summed E-state index contributed by atoms with van der Waals surface area (Å²) in [5.74, 6) is -2.39. The van der Waals surface area contributed by atoms with Gasteiger partial charge in [0.05, 0.1) is 29.9 Å². The molecular weight excluding hydrogens is 376 g/mol. The van der Waals surface area contributed by atoms with Gasteiger partial charge in [0.15, 0.2) is 0 Å². The zero-order valence-corrected chi connectivity index (χ0v) is 15.3. The van der Waals surface area contributed by atoms with Crippen molar-refractivity contribution >= 4 is 0 Å². The summed E-state index contributed by atoms with van der Waals surface area (Å²) in [5.41, 5.74) is 2.25. The minimum absolute atomic E-state index is 0.0667. The lowest BCUT2D eigenvalue weighted by Crippen LogP contribution is -2.63. The molecular formula is C21H20N2O6. The van der Waals surface area contributed by atoms with Gasteiger partial charge in [0, 0.05) is 5.56 Å². The zero-order valence-electron chi connectivity index (χ0n) is 15.3. The van der Waals surface area contributed by atoms with Gasteiger partial charge in [-0.15, -0.1) is 0 Å². The van der Waals surface area contributed by atoms with Crippen LogP contribution in [-0.4, -0.2) is 56.6 Å². The van der Waals surface area contributed by atoms with E-state index >= 15 is 0 Å². The van der Waals surface area contributed by atoms with E-state index in [1.54, 1.807) is 24.3 Å². The summed E-state index contributed by atoms with van der Waals surface area (Å²) in [6.07, 6.45) is -6.20. The predicted molar refractivity (Wildman–Crippen MR) is 99.0 cm³/mol. The summed E-state index contributed by atoms with van der Waals surface area (Å²) in [7, 11) is 0. The Morgan fingerprint density at radius 1 is 0.966 bits per heavy atom. The quantitative estimate of drug-likeness (QED) is 0.469. The lowest BCUT2D eigenvalue weighted by atomic mass is 9.86. The fourth-order valence-electron chi connectivity index (χ4n) is 3.38. The molecule has 1 aliphatic rings. The summed E-state index contributed by atoms with van der Waals surface area (Å²) >= 11 is 0. The molecule has 0 radical (unpaired) electrons. The van der Waals surface area contributed by atoms with Crippen LogP contribution < -0.4 is 0 Å². The number of nitrogens with zero attached hydrogens (tertiary/aromatic N) is 2. The maximum Gasteiger partial charge on any atom is 0.222 e. The summed E-state index contributed by atoms with van der Waals surface area (Å²) < 4.78 is 5.34. The highest BCUT2D eigenvalue weighted by Gasteiger charge is 2.53. The standard InChI is InChI=1S/C21H20N2O6/c22-9-13-3-1-12(2-4-13)7-15-8-16(6-5-14(15)10-23)21(28)20(27)19(26)18(25)17(11-24)29-21/h1-6,8,17-20,24-28H,7,11H2/t17-,18-,19+,20-,21+/m1/s1. The van der Waals surface area contributed by atoms with Gasteiger partial charge >= 0.3 is 0 Å². The molecule has 29 heavy (non-hydrogen) atoms. The minimum Gasteiger partial charge on any atom is -0.394 e. The van der Waals surface area contributed by atoms with Crippen molar-refractivity contribution in [2.75, 3.05) is 6.61 Å². The third-order valence-corrected chi connectivity index (χ3v) is 5.08. The van der Waals surface area contributed by atoms with Gasteiger partial charge in [0.25, 0.3) is 0 Å². The van der Waals surface area contributed by atoms with Crippen LogP contribution in [0.3, 0.4) is 0 Å². The van der Waals surface area contributed by atoms with Crippen molar-refractivity contribution in [3.05, 3.63) is 70.3 Å². The number of hydrogen-bond acceptors (Lipinski definition) is 8. The Balaban J connectivity index is 1.99. The van der Waals surface area contributed by atoms with Crippen LogP contribution in [0.25, 0.3) is 0 Å². The average Bonchev–Trinajstić information content (AvgIpc) is 2.75. The van der Waals surface area contributed by atoms with Gasteiger partial charge in [0.1, 0.15) is 24.4 Å². The van der Waals surface area contributed by atoms with Crippen LogP contribution in [0.4, 0.5) is 0 Å². The molecule has 0 bridgehead atoms. The first-order chi connectivity index (χ1) is 13.8. The molecule has 2 aromatic carbocycles. The van der Waals surface area contributed by atoms with Gasteiger partial charge in [-0.3, -0.25) is 0 Å². The third-order valence-electron chi connectivity index (χ3n) is 5.08. The van der Waals surface area contributed by atoms with E-state index in [0.29, 0.717) is 23.1 Å². The van der Waals surface area contributed by atoms with E-state index < -0.39 is 36.8 Å². The van der Waals surface area contributed by atoms with E-state index in [4.69, 9.17) is 10.00 Å². The minimum atomic E-state index is -2.39. The van der Waals surface area contributed by atoms with E-state index in [0.717, 1.165) is 5.56 Å². The summed E-state index contributed by atoms with van der Waals surface area (Å²) in [4.78, 5) is 0. The van der Waals surface area contributed by atoms with E-state index in [2.05, 4.69) is 6.07 Å². The molecule has 1 heterocycles. The van der Waals surface area contributed by atoms with Crippen LogP contribution in [0, 0.1) is 22.7 Å². The topological polar surface area (TPSA) is 158 Å². The number of nitriles is 2. The monoisotopic (exact) mass is 396 g/mol. The number of benzene rings is 2. The Hall–Kier alpha value is -2.82. The highest BCUT2D eigenvalue weighted by Crippen LogP contribution is 2.37. The Morgan fingerprint density at radius 3 is 2.24 bits per heavy atom. The fraction of sp³-hybridized carbons (Fsp3) is 0.333. The van der Waals surface area contributed by atoms with Gasteiger partial charge in [-0.25, -0.2) is 0 Å². The van der Waals surface area contributed by atoms with Crippen molar-refractivity contribution < 1.29 is 30.3 Å². The number of aliphatic hydroxyl groups is 5. The Bertz CT molecular complexity index is 963. The summed E-state index contributed by atoms with van der Waals surface area (Å²) in [6.45, 7) is -0.679. The van der Waals surface area contributed by atoms with Gasteiger partial charge < -0.3 is 30.3 Å². The molecule has 0 aliphatic carbocycles. The van der Waals surface area contributed by atoms with Crippen LogP contribution in [0.2, 0.25) is 0 Å². The summed E-state index contributed by atoms with van der Waals surface area (Å²) in [5, 5.41) is 68.9. The Morgan fingerprint density at radius 2 is 1.66 bits per heavy atom. The maximum absolute atomic E-state index is 10.9. The van der Waals surface area contributed by atoms with Crippen LogP contribution in [0.5, 0.6) is 0 Å². The molecule has 1 aliphatic heterocycles. The molecule has 8 nitrogen and oxygen atoms in total. The number of rotatable bonds is 4. The smallest absolute Gasteiger partial charge is 0.222 e.